The van der Waals surface area contributed by atoms with Gasteiger partial charge in [0, 0.05) is 30.8 Å². The molecule has 0 aromatic carbocycles. The zero-order valence-electron chi connectivity index (χ0n) is 15.3. The normalized spacial score (nSPS) is 17.9. The summed E-state index contributed by atoms with van der Waals surface area (Å²) in [6, 6.07) is 1.83. The van der Waals surface area contributed by atoms with Crippen LogP contribution >= 0.6 is 13.5 Å². The Bertz CT molecular complexity index is 540. The Balaban J connectivity index is 0.00000288. The molecule has 0 unspecified atom stereocenters. The number of likely N-dealkylation sites (tertiary alicyclic amines) is 1. The number of piperidine rings is 1. The summed E-state index contributed by atoms with van der Waals surface area (Å²) in [5.41, 5.74) is 0.433. The van der Waals surface area contributed by atoms with Gasteiger partial charge in [0.2, 0.25) is 5.88 Å². The minimum Gasteiger partial charge on any atom is -0.477 e. The van der Waals surface area contributed by atoms with Gasteiger partial charge in [0.1, 0.15) is 11.4 Å². The van der Waals surface area contributed by atoms with E-state index in [-0.39, 0.29) is 19.6 Å². The van der Waals surface area contributed by atoms with Crippen LogP contribution in [0.15, 0.2) is 6.07 Å². The highest BCUT2D eigenvalue weighted by atomic mass is 32.1. The number of aromatic nitrogens is 2. The minimum atomic E-state index is -0.462. The fourth-order valence-electron chi connectivity index (χ4n) is 2.65. The number of hydrogen-bond donors (Lipinski definition) is 0. The number of aryl methyl sites for hydroxylation is 2. The molecule has 2 heterocycles. The fraction of sp³-hybridized carbons (Fsp3) is 0.706. The Morgan fingerprint density at radius 1 is 1.33 bits per heavy atom. The van der Waals surface area contributed by atoms with Gasteiger partial charge < -0.3 is 14.4 Å². The maximum absolute atomic E-state index is 12.2. The highest BCUT2D eigenvalue weighted by Gasteiger charge is 2.28. The van der Waals surface area contributed by atoms with Crippen molar-refractivity contribution in [2.24, 2.45) is 5.92 Å². The van der Waals surface area contributed by atoms with Crippen molar-refractivity contribution in [3.05, 3.63) is 17.6 Å². The SMILES string of the molecule is Cc1cc(OC[C@H]2CCCN(C(=O)OC(C)(C)C)C2)nc(C)n1.S. The third-order valence-electron chi connectivity index (χ3n) is 3.58. The zero-order valence-corrected chi connectivity index (χ0v) is 16.3. The van der Waals surface area contributed by atoms with Crippen molar-refractivity contribution in [1.82, 2.24) is 14.9 Å². The number of amides is 1. The van der Waals surface area contributed by atoms with E-state index in [2.05, 4.69) is 9.97 Å². The summed E-state index contributed by atoms with van der Waals surface area (Å²) in [7, 11) is 0. The average molecular weight is 356 g/mol. The van der Waals surface area contributed by atoms with Crippen LogP contribution in [0.5, 0.6) is 5.88 Å². The molecule has 1 fully saturated rings. The van der Waals surface area contributed by atoms with E-state index in [4.69, 9.17) is 9.47 Å². The average Bonchev–Trinajstić information content (AvgIpc) is 2.43. The lowest BCUT2D eigenvalue weighted by atomic mass is 9.99. The first-order chi connectivity index (χ1) is 10.7. The molecule has 2 rings (SSSR count). The van der Waals surface area contributed by atoms with E-state index >= 15 is 0 Å². The smallest absolute Gasteiger partial charge is 0.410 e. The van der Waals surface area contributed by atoms with Gasteiger partial charge in [-0.25, -0.2) is 9.78 Å². The number of carbonyl (C=O) groups is 1. The van der Waals surface area contributed by atoms with E-state index < -0.39 is 5.60 Å². The monoisotopic (exact) mass is 355 g/mol. The molecule has 0 saturated carbocycles. The van der Waals surface area contributed by atoms with Gasteiger partial charge in [-0.3, -0.25) is 0 Å². The van der Waals surface area contributed by atoms with Crippen molar-refractivity contribution in [3.63, 3.8) is 0 Å². The van der Waals surface area contributed by atoms with E-state index in [1.807, 2.05) is 40.7 Å². The lowest BCUT2D eigenvalue weighted by molar-refractivity contribution is 0.0138. The second-order valence-electron chi connectivity index (χ2n) is 7.14. The Labute approximate surface area is 151 Å². The van der Waals surface area contributed by atoms with Crippen LogP contribution in [0, 0.1) is 19.8 Å². The molecule has 1 aliphatic heterocycles. The molecule has 0 N–H and O–H groups in total. The van der Waals surface area contributed by atoms with Gasteiger partial charge in [0.05, 0.1) is 6.61 Å². The first kappa shape index (κ1) is 20.5. The van der Waals surface area contributed by atoms with Crippen LogP contribution in [0.2, 0.25) is 0 Å². The second-order valence-corrected chi connectivity index (χ2v) is 7.14. The summed E-state index contributed by atoms with van der Waals surface area (Å²) in [6.45, 7) is 11.4. The molecule has 1 aromatic heterocycles. The molecule has 1 saturated heterocycles. The van der Waals surface area contributed by atoms with Gasteiger partial charge in [0.15, 0.2) is 0 Å². The molecular weight excluding hydrogens is 326 g/mol. The molecule has 0 bridgehead atoms. The number of nitrogens with zero attached hydrogens (tertiary/aromatic N) is 3. The van der Waals surface area contributed by atoms with E-state index in [0.717, 1.165) is 25.1 Å². The molecule has 1 amide bonds. The van der Waals surface area contributed by atoms with Gasteiger partial charge in [-0.1, -0.05) is 0 Å². The van der Waals surface area contributed by atoms with Crippen molar-refractivity contribution < 1.29 is 14.3 Å². The summed E-state index contributed by atoms with van der Waals surface area (Å²) < 4.78 is 11.3. The summed E-state index contributed by atoms with van der Waals surface area (Å²) in [6.07, 6.45) is 1.77. The second kappa shape index (κ2) is 8.55. The predicted molar refractivity (Wildman–Crippen MR) is 97.9 cm³/mol. The molecule has 7 heteroatoms. The summed E-state index contributed by atoms with van der Waals surface area (Å²) >= 11 is 0. The molecule has 0 spiro atoms. The summed E-state index contributed by atoms with van der Waals surface area (Å²) in [5.74, 6) is 1.61. The maximum atomic E-state index is 12.2. The van der Waals surface area contributed by atoms with Crippen LogP contribution in [-0.2, 0) is 4.74 Å². The van der Waals surface area contributed by atoms with E-state index in [0.29, 0.717) is 30.8 Å². The molecule has 1 atom stereocenters. The van der Waals surface area contributed by atoms with Crippen molar-refractivity contribution >= 4 is 19.6 Å². The lowest BCUT2D eigenvalue weighted by Crippen LogP contribution is -2.44. The van der Waals surface area contributed by atoms with E-state index in [1.54, 1.807) is 4.90 Å². The lowest BCUT2D eigenvalue weighted by Gasteiger charge is -2.33. The van der Waals surface area contributed by atoms with Gasteiger partial charge in [-0.05, 0) is 47.5 Å². The van der Waals surface area contributed by atoms with E-state index in [9.17, 15) is 4.79 Å². The summed E-state index contributed by atoms with van der Waals surface area (Å²) in [5, 5.41) is 0. The fourth-order valence-corrected chi connectivity index (χ4v) is 2.65. The Morgan fingerprint density at radius 2 is 2.04 bits per heavy atom. The van der Waals surface area contributed by atoms with Crippen LogP contribution in [-0.4, -0.2) is 46.3 Å². The Hall–Kier alpha value is -1.50. The number of rotatable bonds is 3. The van der Waals surface area contributed by atoms with Crippen LogP contribution in [0.3, 0.4) is 0 Å². The van der Waals surface area contributed by atoms with Gasteiger partial charge in [-0.15, -0.1) is 0 Å². The minimum absolute atomic E-state index is 0. The largest absolute Gasteiger partial charge is 0.477 e. The quantitative estimate of drug-likeness (QED) is 0.833. The zero-order chi connectivity index (χ0) is 17.0. The predicted octanol–water partition coefficient (Wildman–Crippen LogP) is 3.23. The third kappa shape index (κ3) is 6.55. The molecular formula is C17H29N3O3S. The van der Waals surface area contributed by atoms with Gasteiger partial charge in [0.25, 0.3) is 0 Å². The number of ether oxygens (including phenoxy) is 2. The first-order valence-corrected chi connectivity index (χ1v) is 8.16. The third-order valence-corrected chi connectivity index (χ3v) is 3.58. The Kier molecular flexibility index (Phi) is 7.32. The first-order valence-electron chi connectivity index (χ1n) is 8.16. The Morgan fingerprint density at radius 3 is 2.67 bits per heavy atom. The molecule has 24 heavy (non-hydrogen) atoms. The molecule has 136 valence electrons. The van der Waals surface area contributed by atoms with Gasteiger partial charge >= 0.3 is 6.09 Å². The number of hydrogen-bond acceptors (Lipinski definition) is 5. The standard InChI is InChI=1S/C17H27N3O3.H2S/c1-12-9-15(19-13(2)18-12)22-11-14-7-6-8-20(10-14)16(21)23-17(3,4)5;/h9,14H,6-8,10-11H2,1-5H3;1H2/t14-;/m0./s1. The highest BCUT2D eigenvalue weighted by molar-refractivity contribution is 7.59. The molecule has 0 aliphatic carbocycles. The van der Waals surface area contributed by atoms with E-state index in [1.165, 1.54) is 0 Å². The highest BCUT2D eigenvalue weighted by Crippen LogP contribution is 2.20. The topological polar surface area (TPSA) is 64.5 Å². The maximum Gasteiger partial charge on any atom is 0.410 e. The van der Waals surface area contributed by atoms with Crippen molar-refractivity contribution in [2.75, 3.05) is 19.7 Å². The molecule has 1 aromatic rings. The molecule has 6 nitrogen and oxygen atoms in total. The van der Waals surface area contributed by atoms with Crippen LogP contribution in [0.25, 0.3) is 0 Å². The molecule has 0 radical (unpaired) electrons. The van der Waals surface area contributed by atoms with Crippen molar-refractivity contribution in [2.45, 2.75) is 53.1 Å². The van der Waals surface area contributed by atoms with Crippen molar-refractivity contribution in [1.29, 1.82) is 0 Å². The summed E-state index contributed by atoms with van der Waals surface area (Å²) in [4.78, 5) is 22.5. The van der Waals surface area contributed by atoms with Crippen molar-refractivity contribution in [3.8, 4) is 5.88 Å². The van der Waals surface area contributed by atoms with Crippen LogP contribution in [0.1, 0.15) is 45.1 Å². The number of carbonyl (C=O) groups excluding carboxylic acids is 1. The molecule has 1 aliphatic rings. The van der Waals surface area contributed by atoms with Crippen LogP contribution in [0.4, 0.5) is 4.79 Å². The van der Waals surface area contributed by atoms with Gasteiger partial charge in [-0.2, -0.15) is 18.5 Å². The van der Waals surface area contributed by atoms with Crippen LogP contribution < -0.4 is 4.74 Å².